The number of alkyl halides is 3. The molecule has 0 unspecified atom stereocenters. The number of benzene rings is 3. The topological polar surface area (TPSA) is 57.4 Å². The molecule has 0 aliphatic carbocycles. The fourth-order valence-electron chi connectivity index (χ4n) is 4.62. The van der Waals surface area contributed by atoms with Crippen molar-refractivity contribution in [3.8, 4) is 5.75 Å². The molecule has 0 fully saturated rings. The zero-order chi connectivity index (χ0) is 23.9. The highest BCUT2D eigenvalue weighted by Gasteiger charge is 2.37. The van der Waals surface area contributed by atoms with Crippen LogP contribution in [0.4, 0.5) is 23.7 Å². The van der Waals surface area contributed by atoms with Crippen LogP contribution >= 0.6 is 0 Å². The number of anilines is 1. The number of aromatic amines is 1. The average molecular weight is 465 g/mol. The van der Waals surface area contributed by atoms with Gasteiger partial charge in [-0.1, -0.05) is 42.5 Å². The van der Waals surface area contributed by atoms with Gasteiger partial charge in [-0.3, -0.25) is 0 Å². The second-order valence-electron chi connectivity index (χ2n) is 8.16. The molecule has 5 rings (SSSR count). The highest BCUT2D eigenvalue weighted by Crippen LogP contribution is 2.40. The quantitative estimate of drug-likeness (QED) is 0.369. The van der Waals surface area contributed by atoms with Gasteiger partial charge in [-0.15, -0.1) is 0 Å². The number of halogens is 3. The maximum absolute atomic E-state index is 13.5. The number of nitrogens with zero attached hydrogens (tertiary/aromatic N) is 1. The van der Waals surface area contributed by atoms with Gasteiger partial charge in [0.25, 0.3) is 0 Å². The second-order valence-corrected chi connectivity index (χ2v) is 8.16. The molecule has 1 atom stereocenters. The van der Waals surface area contributed by atoms with Crippen molar-refractivity contribution < 1.29 is 22.7 Å². The predicted octanol–water partition coefficient (Wildman–Crippen LogP) is 6.37. The zero-order valence-electron chi connectivity index (χ0n) is 18.3. The number of fused-ring (bicyclic) bond motifs is 3. The number of urea groups is 1. The first-order valence-corrected chi connectivity index (χ1v) is 10.8. The molecular formula is C26H22F3N3O2. The average Bonchev–Trinajstić information content (AvgIpc) is 3.22. The maximum Gasteiger partial charge on any atom is 0.418 e. The van der Waals surface area contributed by atoms with E-state index in [2.05, 4.69) is 10.3 Å². The number of carbonyl (C=O) groups is 1. The van der Waals surface area contributed by atoms with E-state index in [0.29, 0.717) is 18.7 Å². The Labute approximate surface area is 194 Å². The Morgan fingerprint density at radius 2 is 1.74 bits per heavy atom. The van der Waals surface area contributed by atoms with Crippen molar-refractivity contribution in [2.75, 3.05) is 19.0 Å². The Bertz CT molecular complexity index is 1350. The number of para-hydroxylation sites is 2. The van der Waals surface area contributed by atoms with E-state index in [1.165, 1.54) is 18.2 Å². The molecule has 2 N–H and O–H groups in total. The fourth-order valence-corrected chi connectivity index (χ4v) is 4.62. The number of rotatable bonds is 3. The molecule has 4 aromatic rings. The third-order valence-electron chi connectivity index (χ3n) is 6.20. The lowest BCUT2D eigenvalue weighted by Gasteiger charge is -2.36. The lowest BCUT2D eigenvalue weighted by atomic mass is 9.92. The van der Waals surface area contributed by atoms with Crippen LogP contribution in [0.15, 0.2) is 72.8 Å². The largest absolute Gasteiger partial charge is 0.497 e. The van der Waals surface area contributed by atoms with Crippen molar-refractivity contribution in [3.05, 3.63) is 95.2 Å². The van der Waals surface area contributed by atoms with Crippen molar-refractivity contribution in [2.24, 2.45) is 0 Å². The van der Waals surface area contributed by atoms with Gasteiger partial charge in [-0.2, -0.15) is 13.2 Å². The van der Waals surface area contributed by atoms with Crippen molar-refractivity contribution in [3.63, 3.8) is 0 Å². The molecule has 0 saturated heterocycles. The van der Waals surface area contributed by atoms with Crippen LogP contribution in [0, 0.1) is 0 Å². The van der Waals surface area contributed by atoms with Gasteiger partial charge in [0, 0.05) is 23.1 Å². The number of amides is 2. The highest BCUT2D eigenvalue weighted by atomic mass is 19.4. The molecule has 1 aliphatic heterocycles. The smallest absolute Gasteiger partial charge is 0.418 e. The van der Waals surface area contributed by atoms with Crippen LogP contribution in [-0.4, -0.2) is 29.6 Å². The van der Waals surface area contributed by atoms with E-state index in [1.807, 2.05) is 36.4 Å². The number of aromatic nitrogens is 1. The van der Waals surface area contributed by atoms with Crippen LogP contribution in [0.3, 0.4) is 0 Å². The van der Waals surface area contributed by atoms with Crippen molar-refractivity contribution in [2.45, 2.75) is 18.6 Å². The van der Waals surface area contributed by atoms with Crippen LogP contribution in [0.2, 0.25) is 0 Å². The SMILES string of the molecule is COc1ccc([C@@H]2c3[nH]c4ccccc4c3CCN2C(=O)Nc2ccccc2C(F)(F)F)cc1. The third kappa shape index (κ3) is 3.85. The summed E-state index contributed by atoms with van der Waals surface area (Å²) in [5, 5.41) is 3.58. The highest BCUT2D eigenvalue weighted by molar-refractivity contribution is 5.92. The summed E-state index contributed by atoms with van der Waals surface area (Å²) in [6.45, 7) is 0.353. The van der Waals surface area contributed by atoms with Crippen molar-refractivity contribution in [1.29, 1.82) is 0 Å². The number of ether oxygens (including phenoxy) is 1. The van der Waals surface area contributed by atoms with E-state index in [0.717, 1.165) is 33.8 Å². The van der Waals surface area contributed by atoms with Gasteiger partial charge in [0.2, 0.25) is 0 Å². The molecule has 2 amide bonds. The van der Waals surface area contributed by atoms with Crippen molar-refractivity contribution >= 4 is 22.6 Å². The van der Waals surface area contributed by atoms with Gasteiger partial charge >= 0.3 is 12.2 Å². The molecule has 0 spiro atoms. The zero-order valence-corrected chi connectivity index (χ0v) is 18.3. The Balaban J connectivity index is 1.56. The van der Waals surface area contributed by atoms with Gasteiger partial charge in [0.15, 0.2) is 0 Å². The van der Waals surface area contributed by atoms with Gasteiger partial charge in [-0.25, -0.2) is 4.79 Å². The first-order chi connectivity index (χ1) is 16.4. The van der Waals surface area contributed by atoms with E-state index in [9.17, 15) is 18.0 Å². The van der Waals surface area contributed by atoms with E-state index in [1.54, 1.807) is 24.1 Å². The summed E-state index contributed by atoms with van der Waals surface area (Å²) < 4.78 is 45.7. The summed E-state index contributed by atoms with van der Waals surface area (Å²) in [6, 6.07) is 19.2. The van der Waals surface area contributed by atoms with E-state index >= 15 is 0 Å². The van der Waals surface area contributed by atoms with Crippen molar-refractivity contribution in [1.82, 2.24) is 9.88 Å². The molecule has 3 aromatic carbocycles. The molecule has 1 aromatic heterocycles. The standard InChI is InChI=1S/C26H22F3N3O2/c1-34-17-12-10-16(11-13-17)24-23-19(18-6-2-4-8-21(18)30-23)14-15-32(24)25(33)31-22-9-5-3-7-20(22)26(27,28)29/h2-13,24,30H,14-15H2,1H3,(H,31,33)/t24-/m1/s1. The number of hydrogen-bond donors (Lipinski definition) is 2. The summed E-state index contributed by atoms with van der Waals surface area (Å²) >= 11 is 0. The van der Waals surface area contributed by atoms with Gasteiger partial charge in [0.05, 0.1) is 24.4 Å². The summed E-state index contributed by atoms with van der Waals surface area (Å²) in [6.07, 6.45) is -3.99. The molecule has 1 aliphatic rings. The summed E-state index contributed by atoms with van der Waals surface area (Å²) in [5.41, 5.74) is 2.60. The number of H-pyrrole nitrogens is 1. The minimum absolute atomic E-state index is 0.268. The van der Waals surface area contributed by atoms with Crippen LogP contribution < -0.4 is 10.1 Å². The van der Waals surface area contributed by atoms with E-state index < -0.39 is 23.8 Å². The molecule has 0 radical (unpaired) electrons. The number of methoxy groups -OCH3 is 1. The summed E-state index contributed by atoms with van der Waals surface area (Å²) in [7, 11) is 1.57. The first kappa shape index (κ1) is 21.9. The maximum atomic E-state index is 13.5. The van der Waals surface area contributed by atoms with Gasteiger partial charge < -0.3 is 19.9 Å². The summed E-state index contributed by atoms with van der Waals surface area (Å²) in [4.78, 5) is 18.4. The number of nitrogens with one attached hydrogen (secondary N) is 2. The molecule has 0 saturated carbocycles. The third-order valence-corrected chi connectivity index (χ3v) is 6.20. The van der Waals surface area contributed by atoms with E-state index in [4.69, 9.17) is 4.74 Å². The Morgan fingerprint density at radius 3 is 2.47 bits per heavy atom. The second kappa shape index (κ2) is 8.44. The molecule has 174 valence electrons. The van der Waals surface area contributed by atoms with Crippen LogP contribution in [0.25, 0.3) is 10.9 Å². The lowest BCUT2D eigenvalue weighted by Crippen LogP contribution is -2.43. The number of carbonyl (C=O) groups excluding carboxylic acids is 1. The monoisotopic (exact) mass is 465 g/mol. The number of hydrogen-bond acceptors (Lipinski definition) is 2. The predicted molar refractivity (Wildman–Crippen MR) is 124 cm³/mol. The molecule has 34 heavy (non-hydrogen) atoms. The molecule has 0 bridgehead atoms. The van der Waals surface area contributed by atoms with Crippen LogP contribution in [0.5, 0.6) is 5.75 Å². The molecule has 2 heterocycles. The first-order valence-electron chi connectivity index (χ1n) is 10.8. The Hall–Kier alpha value is -3.94. The normalized spacial score (nSPS) is 15.8. The molecule has 5 nitrogen and oxygen atoms in total. The summed E-state index contributed by atoms with van der Waals surface area (Å²) in [5.74, 6) is 0.673. The minimum Gasteiger partial charge on any atom is -0.497 e. The fraction of sp³-hybridized carbons (Fsp3) is 0.192. The molecular weight excluding hydrogens is 443 g/mol. The lowest BCUT2D eigenvalue weighted by molar-refractivity contribution is -0.136. The van der Waals surface area contributed by atoms with Crippen LogP contribution in [0.1, 0.15) is 28.4 Å². The van der Waals surface area contributed by atoms with E-state index in [-0.39, 0.29) is 5.69 Å². The minimum atomic E-state index is -4.58. The van der Waals surface area contributed by atoms with Gasteiger partial charge in [0.1, 0.15) is 5.75 Å². The molecule has 8 heteroatoms. The Morgan fingerprint density at radius 1 is 1.03 bits per heavy atom. The van der Waals surface area contributed by atoms with Crippen LogP contribution in [-0.2, 0) is 12.6 Å². The van der Waals surface area contributed by atoms with Gasteiger partial charge in [-0.05, 0) is 47.9 Å². The Kier molecular flexibility index (Phi) is 5.43.